The molecule has 0 aliphatic rings. The maximum absolute atomic E-state index is 11.0. The average Bonchev–Trinajstić information content (AvgIpc) is 2.59. The lowest BCUT2D eigenvalue weighted by Gasteiger charge is -2.22. The summed E-state index contributed by atoms with van der Waals surface area (Å²) in [7, 11) is 3.32. The lowest BCUT2D eigenvalue weighted by atomic mass is 9.93. The number of unbranched alkanes of at least 4 members (excludes halogenated alkanes) is 9. The molecule has 0 aromatic rings. The Kier molecular flexibility index (Phi) is 16.8. The van der Waals surface area contributed by atoms with Crippen LogP contribution in [0.4, 0.5) is 0 Å². The van der Waals surface area contributed by atoms with Crippen LogP contribution in [0.1, 0.15) is 104 Å². The van der Waals surface area contributed by atoms with Gasteiger partial charge in [-0.2, -0.15) is 0 Å². The molecule has 0 aliphatic carbocycles. The Balaban J connectivity index is 3.57. The topological polar surface area (TPSA) is 35.5 Å². The fourth-order valence-electron chi connectivity index (χ4n) is 3.31. The average molecular weight is 343 g/mol. The number of rotatable bonds is 17. The van der Waals surface area contributed by atoms with E-state index >= 15 is 0 Å². The van der Waals surface area contributed by atoms with E-state index in [-0.39, 0.29) is 5.97 Å². The van der Waals surface area contributed by atoms with Crippen LogP contribution in [0.25, 0.3) is 0 Å². The highest BCUT2D eigenvalue weighted by atomic mass is 16.5. The van der Waals surface area contributed by atoms with E-state index in [1.165, 1.54) is 77.7 Å². The van der Waals surface area contributed by atoms with E-state index in [1.807, 2.05) is 7.11 Å². The van der Waals surface area contributed by atoms with Crippen molar-refractivity contribution in [2.75, 3.05) is 14.2 Å². The molecule has 0 saturated heterocycles. The predicted molar refractivity (Wildman–Crippen MR) is 102 cm³/mol. The minimum absolute atomic E-state index is 0.0852. The molecular formula is C21H42O3. The van der Waals surface area contributed by atoms with Gasteiger partial charge >= 0.3 is 5.97 Å². The van der Waals surface area contributed by atoms with Crippen molar-refractivity contribution in [2.24, 2.45) is 5.92 Å². The Morgan fingerprint density at radius 2 is 1.33 bits per heavy atom. The zero-order valence-corrected chi connectivity index (χ0v) is 16.8. The van der Waals surface area contributed by atoms with Gasteiger partial charge in [-0.1, -0.05) is 78.1 Å². The summed E-state index contributed by atoms with van der Waals surface area (Å²) in [5.41, 5.74) is 0. The zero-order valence-electron chi connectivity index (χ0n) is 16.8. The van der Waals surface area contributed by atoms with Crippen molar-refractivity contribution < 1.29 is 14.3 Å². The summed E-state index contributed by atoms with van der Waals surface area (Å²) in [6.07, 6.45) is 17.4. The maximum Gasteiger partial charge on any atom is 0.305 e. The fourth-order valence-corrected chi connectivity index (χ4v) is 3.31. The summed E-state index contributed by atoms with van der Waals surface area (Å²) >= 11 is 0. The van der Waals surface area contributed by atoms with Crippen molar-refractivity contribution in [1.29, 1.82) is 0 Å². The van der Waals surface area contributed by atoms with Crippen LogP contribution in [0.5, 0.6) is 0 Å². The Bertz CT molecular complexity index is 278. The first-order valence-corrected chi connectivity index (χ1v) is 10.2. The first-order chi connectivity index (χ1) is 11.7. The first kappa shape index (κ1) is 23.4. The molecule has 0 aromatic heterocycles. The Hall–Kier alpha value is -0.570. The molecule has 3 nitrogen and oxygen atoms in total. The van der Waals surface area contributed by atoms with Gasteiger partial charge in [0.1, 0.15) is 0 Å². The molecule has 0 radical (unpaired) electrons. The predicted octanol–water partition coefficient (Wildman–Crippen LogP) is 6.29. The van der Waals surface area contributed by atoms with Gasteiger partial charge in [-0.25, -0.2) is 0 Å². The summed E-state index contributed by atoms with van der Waals surface area (Å²) in [5, 5.41) is 0. The Morgan fingerprint density at radius 3 is 1.92 bits per heavy atom. The molecular weight excluding hydrogens is 300 g/mol. The monoisotopic (exact) mass is 342 g/mol. The standard InChI is InChI=1S/C21H42O3/c1-5-6-7-8-10-13-16-19(2)20(23-3)17-14-11-9-12-15-18-21(22)24-4/h19-20H,5-18H2,1-4H3. The normalized spacial score (nSPS) is 13.7. The third kappa shape index (κ3) is 13.8. The van der Waals surface area contributed by atoms with Crippen molar-refractivity contribution in [3.05, 3.63) is 0 Å². The summed E-state index contributed by atoms with van der Waals surface area (Å²) in [5.74, 6) is 0.582. The molecule has 2 unspecified atom stereocenters. The lowest BCUT2D eigenvalue weighted by molar-refractivity contribution is -0.140. The summed E-state index contributed by atoms with van der Waals surface area (Å²) in [6, 6.07) is 0. The van der Waals surface area contributed by atoms with E-state index in [0.717, 1.165) is 12.8 Å². The van der Waals surface area contributed by atoms with E-state index in [9.17, 15) is 4.79 Å². The van der Waals surface area contributed by atoms with Gasteiger partial charge in [-0.3, -0.25) is 4.79 Å². The van der Waals surface area contributed by atoms with Crippen LogP contribution in [-0.2, 0) is 14.3 Å². The molecule has 0 heterocycles. The van der Waals surface area contributed by atoms with Crippen LogP contribution in [0, 0.1) is 5.92 Å². The smallest absolute Gasteiger partial charge is 0.305 e. The van der Waals surface area contributed by atoms with E-state index in [4.69, 9.17) is 4.74 Å². The van der Waals surface area contributed by atoms with Gasteiger partial charge < -0.3 is 9.47 Å². The number of carbonyl (C=O) groups is 1. The molecule has 3 heteroatoms. The molecule has 24 heavy (non-hydrogen) atoms. The quantitative estimate of drug-likeness (QED) is 0.230. The number of hydrogen-bond acceptors (Lipinski definition) is 3. The Labute approximate surface area is 150 Å². The number of ether oxygens (including phenoxy) is 2. The van der Waals surface area contributed by atoms with E-state index in [0.29, 0.717) is 18.4 Å². The number of methoxy groups -OCH3 is 2. The largest absolute Gasteiger partial charge is 0.469 e. The molecule has 0 N–H and O–H groups in total. The van der Waals surface area contributed by atoms with Crippen LogP contribution in [-0.4, -0.2) is 26.3 Å². The zero-order chi connectivity index (χ0) is 18.0. The van der Waals surface area contributed by atoms with Crippen LogP contribution < -0.4 is 0 Å². The highest BCUT2D eigenvalue weighted by Gasteiger charge is 2.15. The molecule has 144 valence electrons. The van der Waals surface area contributed by atoms with Crippen molar-refractivity contribution in [1.82, 2.24) is 0 Å². The van der Waals surface area contributed by atoms with Crippen molar-refractivity contribution in [3.63, 3.8) is 0 Å². The van der Waals surface area contributed by atoms with E-state index < -0.39 is 0 Å². The van der Waals surface area contributed by atoms with Crippen molar-refractivity contribution in [3.8, 4) is 0 Å². The second-order valence-corrected chi connectivity index (χ2v) is 7.19. The molecule has 2 atom stereocenters. The highest BCUT2D eigenvalue weighted by molar-refractivity contribution is 5.68. The lowest BCUT2D eigenvalue weighted by Crippen LogP contribution is -2.20. The molecule has 0 bridgehead atoms. The van der Waals surface area contributed by atoms with Crippen LogP contribution in [0.3, 0.4) is 0 Å². The molecule has 0 aromatic carbocycles. The molecule has 0 amide bonds. The van der Waals surface area contributed by atoms with Gasteiger partial charge in [0.15, 0.2) is 0 Å². The second-order valence-electron chi connectivity index (χ2n) is 7.19. The van der Waals surface area contributed by atoms with Gasteiger partial charge in [0.05, 0.1) is 13.2 Å². The summed E-state index contributed by atoms with van der Waals surface area (Å²) in [4.78, 5) is 11.0. The first-order valence-electron chi connectivity index (χ1n) is 10.2. The summed E-state index contributed by atoms with van der Waals surface area (Å²) in [6.45, 7) is 4.61. The second kappa shape index (κ2) is 17.3. The van der Waals surface area contributed by atoms with Crippen LogP contribution in [0.2, 0.25) is 0 Å². The maximum atomic E-state index is 11.0. The van der Waals surface area contributed by atoms with E-state index in [2.05, 4.69) is 18.6 Å². The third-order valence-corrected chi connectivity index (χ3v) is 5.05. The molecule has 0 saturated carbocycles. The van der Waals surface area contributed by atoms with Crippen LogP contribution in [0.15, 0.2) is 0 Å². The Morgan fingerprint density at radius 1 is 0.792 bits per heavy atom. The van der Waals surface area contributed by atoms with Gasteiger partial charge in [0.25, 0.3) is 0 Å². The van der Waals surface area contributed by atoms with Crippen molar-refractivity contribution in [2.45, 2.75) is 110 Å². The summed E-state index contributed by atoms with van der Waals surface area (Å²) < 4.78 is 10.4. The molecule has 0 rings (SSSR count). The van der Waals surface area contributed by atoms with Crippen molar-refractivity contribution >= 4 is 5.97 Å². The SMILES string of the molecule is CCCCCCCCC(C)C(CCCCCCCC(=O)OC)OC. The third-order valence-electron chi connectivity index (χ3n) is 5.05. The van der Waals surface area contributed by atoms with Crippen LogP contribution >= 0.6 is 0 Å². The number of hydrogen-bond donors (Lipinski definition) is 0. The molecule has 0 fully saturated rings. The van der Waals surface area contributed by atoms with Gasteiger partial charge in [0.2, 0.25) is 0 Å². The minimum atomic E-state index is -0.0852. The van der Waals surface area contributed by atoms with Gasteiger partial charge in [-0.15, -0.1) is 0 Å². The fraction of sp³-hybridized carbons (Fsp3) is 0.952. The highest BCUT2D eigenvalue weighted by Crippen LogP contribution is 2.21. The minimum Gasteiger partial charge on any atom is -0.469 e. The van der Waals surface area contributed by atoms with E-state index in [1.54, 1.807) is 0 Å². The van der Waals surface area contributed by atoms with Gasteiger partial charge in [-0.05, 0) is 25.2 Å². The number of carbonyl (C=O) groups excluding carboxylic acids is 1. The molecule has 0 aliphatic heterocycles. The van der Waals surface area contributed by atoms with Gasteiger partial charge in [0, 0.05) is 13.5 Å². The molecule has 0 spiro atoms. The number of esters is 1.